The highest BCUT2D eigenvalue weighted by molar-refractivity contribution is 5.93. The molecule has 176 valence electrons. The Balaban J connectivity index is 0.00000181. The lowest BCUT2D eigenvalue weighted by molar-refractivity contribution is -0.137. The van der Waals surface area contributed by atoms with E-state index < -0.39 is 17.6 Å². The lowest BCUT2D eigenvalue weighted by atomic mass is 9.97. The first-order chi connectivity index (χ1) is 14.3. The van der Waals surface area contributed by atoms with Gasteiger partial charge in [0.1, 0.15) is 5.82 Å². The van der Waals surface area contributed by atoms with Crippen molar-refractivity contribution in [3.8, 4) is 11.1 Å². The van der Waals surface area contributed by atoms with Crippen molar-refractivity contribution < 1.29 is 22.7 Å². The maximum Gasteiger partial charge on any atom is 0.416 e. The second-order valence-corrected chi connectivity index (χ2v) is 7.75. The zero-order chi connectivity index (χ0) is 21.3. The molecule has 0 aliphatic carbocycles. The van der Waals surface area contributed by atoms with Crippen LogP contribution >= 0.6 is 24.8 Å². The van der Waals surface area contributed by atoms with Gasteiger partial charge in [0.2, 0.25) is 0 Å². The third kappa shape index (κ3) is 5.73. The van der Waals surface area contributed by atoms with E-state index in [1.807, 2.05) is 4.57 Å². The molecule has 0 amide bonds. The first kappa shape index (κ1) is 26.4. The number of rotatable bonds is 5. The number of benzene rings is 2. The van der Waals surface area contributed by atoms with Gasteiger partial charge in [0.05, 0.1) is 29.0 Å². The summed E-state index contributed by atoms with van der Waals surface area (Å²) < 4.78 is 55.8. The summed E-state index contributed by atoms with van der Waals surface area (Å²) in [5.41, 5.74) is 0.629. The molecule has 0 bridgehead atoms. The smallest absolute Gasteiger partial charge is 0.392 e. The number of fused-ring (bicyclic) bond motifs is 1. The van der Waals surface area contributed by atoms with E-state index >= 15 is 0 Å². The van der Waals surface area contributed by atoms with E-state index in [4.69, 9.17) is 0 Å². The van der Waals surface area contributed by atoms with E-state index in [0.717, 1.165) is 44.4 Å². The standard InChI is InChI=1S/C22H23F4N3O.2ClH/c23-16-5-1-4-14(10-16)17-11-15(22(24,25)26)12-19-21(17)29(13-28-19)9-3-6-18-20(30)7-2-8-27-18;;/h1,4-5,10-13,18,20,27,30H,2-3,6-9H2;2*1H/t18-,20+;;/m1../s1. The zero-order valence-electron chi connectivity index (χ0n) is 17.1. The van der Waals surface area contributed by atoms with Crippen LogP contribution in [0.15, 0.2) is 42.7 Å². The van der Waals surface area contributed by atoms with Crippen molar-refractivity contribution in [2.45, 2.75) is 50.6 Å². The van der Waals surface area contributed by atoms with Crippen LogP contribution in [-0.4, -0.2) is 33.3 Å². The van der Waals surface area contributed by atoms with Crippen molar-refractivity contribution in [3.05, 3.63) is 54.1 Å². The van der Waals surface area contributed by atoms with Gasteiger partial charge < -0.3 is 15.0 Å². The Bertz CT molecular complexity index is 1040. The normalized spacial score (nSPS) is 18.8. The van der Waals surface area contributed by atoms with Gasteiger partial charge in [-0.05, 0) is 62.1 Å². The number of imidazole rings is 1. The predicted octanol–water partition coefficient (Wildman–Crippen LogP) is 5.60. The Kier molecular flexibility index (Phi) is 8.93. The van der Waals surface area contributed by atoms with Gasteiger partial charge >= 0.3 is 6.18 Å². The van der Waals surface area contributed by atoms with E-state index in [1.54, 1.807) is 6.07 Å². The number of aliphatic hydroxyl groups is 1. The van der Waals surface area contributed by atoms with E-state index in [9.17, 15) is 22.7 Å². The molecular weight excluding hydrogens is 469 g/mol. The molecule has 4 rings (SSSR count). The van der Waals surface area contributed by atoms with Crippen LogP contribution in [0.2, 0.25) is 0 Å². The lowest BCUT2D eigenvalue weighted by Gasteiger charge is -2.29. The van der Waals surface area contributed by atoms with Crippen LogP contribution in [0, 0.1) is 5.82 Å². The number of aromatic nitrogens is 2. The maximum absolute atomic E-state index is 13.8. The third-order valence-corrected chi connectivity index (χ3v) is 5.64. The molecule has 0 spiro atoms. The average molecular weight is 494 g/mol. The van der Waals surface area contributed by atoms with Crippen LogP contribution in [-0.2, 0) is 12.7 Å². The molecule has 10 heteroatoms. The number of nitrogens with one attached hydrogen (secondary N) is 1. The van der Waals surface area contributed by atoms with Gasteiger partial charge in [-0.25, -0.2) is 9.37 Å². The van der Waals surface area contributed by atoms with Gasteiger partial charge in [0.25, 0.3) is 0 Å². The van der Waals surface area contributed by atoms with Crippen molar-refractivity contribution in [1.82, 2.24) is 14.9 Å². The van der Waals surface area contributed by atoms with Crippen molar-refractivity contribution in [2.75, 3.05) is 6.54 Å². The zero-order valence-corrected chi connectivity index (χ0v) is 18.7. The fourth-order valence-corrected chi connectivity index (χ4v) is 4.13. The SMILES string of the molecule is Cl.Cl.O[C@H]1CCCN[C@@H]1CCCn1cnc2cc(C(F)(F)F)cc(-c3cccc(F)c3)c21. The summed E-state index contributed by atoms with van der Waals surface area (Å²) in [6.07, 6.45) is -0.185. The van der Waals surface area contributed by atoms with Crippen molar-refractivity contribution in [1.29, 1.82) is 0 Å². The average Bonchev–Trinajstić information content (AvgIpc) is 3.11. The topological polar surface area (TPSA) is 50.1 Å². The minimum absolute atomic E-state index is 0. The van der Waals surface area contributed by atoms with E-state index in [-0.39, 0.29) is 42.5 Å². The molecule has 1 saturated heterocycles. The Morgan fingerprint density at radius 2 is 1.94 bits per heavy atom. The van der Waals surface area contributed by atoms with Crippen LogP contribution in [0.4, 0.5) is 17.6 Å². The van der Waals surface area contributed by atoms with Gasteiger partial charge in [-0.2, -0.15) is 13.2 Å². The summed E-state index contributed by atoms with van der Waals surface area (Å²) in [6, 6.07) is 7.67. The first-order valence-electron chi connectivity index (χ1n) is 10.1. The van der Waals surface area contributed by atoms with Crippen molar-refractivity contribution in [3.63, 3.8) is 0 Å². The Hall–Kier alpha value is -1.87. The molecule has 2 N–H and O–H groups in total. The summed E-state index contributed by atoms with van der Waals surface area (Å²) in [5, 5.41) is 13.4. The monoisotopic (exact) mass is 493 g/mol. The van der Waals surface area contributed by atoms with Gasteiger partial charge in [-0.1, -0.05) is 12.1 Å². The predicted molar refractivity (Wildman–Crippen MR) is 121 cm³/mol. The van der Waals surface area contributed by atoms with Crippen LogP contribution in [0.25, 0.3) is 22.2 Å². The number of piperidine rings is 1. The molecule has 0 unspecified atom stereocenters. The van der Waals surface area contributed by atoms with Crippen molar-refractivity contribution >= 4 is 35.8 Å². The molecule has 1 fully saturated rings. The van der Waals surface area contributed by atoms with Crippen molar-refractivity contribution in [2.24, 2.45) is 0 Å². The molecule has 1 aromatic heterocycles. The molecule has 2 atom stereocenters. The quantitative estimate of drug-likeness (QED) is 0.455. The number of aliphatic hydroxyl groups excluding tert-OH is 1. The van der Waals surface area contributed by atoms with Crippen LogP contribution in [0.3, 0.4) is 0 Å². The number of halogens is 6. The Morgan fingerprint density at radius 1 is 1.16 bits per heavy atom. The highest BCUT2D eigenvalue weighted by atomic mass is 35.5. The molecule has 32 heavy (non-hydrogen) atoms. The first-order valence-corrected chi connectivity index (χ1v) is 10.1. The number of hydrogen-bond acceptors (Lipinski definition) is 3. The van der Waals surface area contributed by atoms with Gasteiger partial charge in [0, 0.05) is 18.2 Å². The highest BCUT2D eigenvalue weighted by Crippen LogP contribution is 2.37. The van der Waals surface area contributed by atoms with Gasteiger partial charge in [0.15, 0.2) is 0 Å². The summed E-state index contributed by atoms with van der Waals surface area (Å²) in [7, 11) is 0. The summed E-state index contributed by atoms with van der Waals surface area (Å²) in [5.74, 6) is -0.513. The molecule has 2 heterocycles. The third-order valence-electron chi connectivity index (χ3n) is 5.64. The Labute approximate surface area is 195 Å². The summed E-state index contributed by atoms with van der Waals surface area (Å²) in [6.45, 7) is 1.41. The minimum Gasteiger partial charge on any atom is -0.392 e. The van der Waals surface area contributed by atoms with Crippen LogP contribution in [0.5, 0.6) is 0 Å². The van der Waals surface area contributed by atoms with Gasteiger partial charge in [-0.15, -0.1) is 24.8 Å². The van der Waals surface area contributed by atoms with E-state index in [2.05, 4.69) is 10.3 Å². The largest absolute Gasteiger partial charge is 0.416 e. The molecule has 3 aromatic rings. The van der Waals surface area contributed by atoms with E-state index in [1.165, 1.54) is 24.5 Å². The molecule has 1 aliphatic heterocycles. The second-order valence-electron chi connectivity index (χ2n) is 7.75. The number of aryl methyl sites for hydroxylation is 1. The molecule has 1 aliphatic rings. The fourth-order valence-electron chi connectivity index (χ4n) is 4.13. The fraction of sp³-hybridized carbons (Fsp3) is 0.409. The molecule has 0 saturated carbocycles. The summed E-state index contributed by atoms with van der Waals surface area (Å²) in [4.78, 5) is 4.19. The van der Waals surface area contributed by atoms with Crippen LogP contribution < -0.4 is 5.32 Å². The Morgan fingerprint density at radius 3 is 2.62 bits per heavy atom. The molecular formula is C22H25Cl2F4N3O. The number of nitrogens with zero attached hydrogens (tertiary/aromatic N) is 2. The minimum atomic E-state index is -4.52. The lowest BCUT2D eigenvalue weighted by Crippen LogP contribution is -2.44. The second kappa shape index (κ2) is 10.8. The van der Waals surface area contributed by atoms with E-state index in [0.29, 0.717) is 23.2 Å². The summed E-state index contributed by atoms with van der Waals surface area (Å²) >= 11 is 0. The number of hydrogen-bond donors (Lipinski definition) is 2. The number of alkyl halides is 3. The molecule has 0 radical (unpaired) electrons. The molecule has 2 aromatic carbocycles. The van der Waals surface area contributed by atoms with Gasteiger partial charge in [-0.3, -0.25) is 0 Å². The molecule has 4 nitrogen and oxygen atoms in total. The highest BCUT2D eigenvalue weighted by Gasteiger charge is 2.32. The van der Waals surface area contributed by atoms with Crippen LogP contribution in [0.1, 0.15) is 31.2 Å². The maximum atomic E-state index is 13.8.